The Bertz CT molecular complexity index is 1000. The molecule has 5 nitrogen and oxygen atoms in total. The molecule has 1 N–H and O–H groups in total. The number of para-hydroxylation sites is 1. The monoisotopic (exact) mass is 405 g/mol. The number of amides is 1. The van der Waals surface area contributed by atoms with Crippen LogP contribution in [0.5, 0.6) is 0 Å². The van der Waals surface area contributed by atoms with Crippen LogP contribution < -0.4 is 5.32 Å². The molecule has 0 bridgehead atoms. The highest BCUT2D eigenvalue weighted by atomic mass is 16.3. The summed E-state index contributed by atoms with van der Waals surface area (Å²) in [4.78, 5) is 21.6. The Morgan fingerprint density at radius 1 is 1.20 bits per heavy atom. The van der Waals surface area contributed by atoms with Gasteiger partial charge in [0.15, 0.2) is 5.58 Å². The van der Waals surface area contributed by atoms with E-state index in [-0.39, 0.29) is 11.9 Å². The van der Waals surface area contributed by atoms with Crippen LogP contribution in [-0.2, 0) is 0 Å². The Morgan fingerprint density at radius 2 is 1.93 bits per heavy atom. The number of nitrogens with one attached hydrogen (secondary N) is 1. The van der Waals surface area contributed by atoms with E-state index in [1.54, 1.807) is 13.1 Å². The van der Waals surface area contributed by atoms with E-state index in [2.05, 4.69) is 48.4 Å². The number of aromatic nitrogens is 1. The Labute approximate surface area is 178 Å². The molecule has 0 radical (unpaired) electrons. The number of fused-ring (bicyclic) bond motifs is 1. The topological polar surface area (TPSA) is 67.5 Å². The van der Waals surface area contributed by atoms with Crippen LogP contribution in [0.15, 0.2) is 65.0 Å². The van der Waals surface area contributed by atoms with Crippen molar-refractivity contribution < 1.29 is 9.21 Å². The summed E-state index contributed by atoms with van der Waals surface area (Å²) in [5.41, 5.74) is 3.87. The van der Waals surface area contributed by atoms with Crippen molar-refractivity contribution in [2.45, 2.75) is 45.6 Å². The first kappa shape index (κ1) is 23.1. The third kappa shape index (κ3) is 5.23. The molecule has 5 heteroatoms. The van der Waals surface area contributed by atoms with Crippen LogP contribution in [-0.4, -0.2) is 30.2 Å². The fourth-order valence-corrected chi connectivity index (χ4v) is 3.27. The first-order chi connectivity index (χ1) is 14.5. The molecule has 1 atom stereocenters. The van der Waals surface area contributed by atoms with Crippen LogP contribution >= 0.6 is 0 Å². The molecule has 1 amide bonds. The molecule has 2 aromatic carbocycles. The highest BCUT2D eigenvalue weighted by Crippen LogP contribution is 2.31. The minimum absolute atomic E-state index is 0.0412. The van der Waals surface area contributed by atoms with Crippen LogP contribution in [0.25, 0.3) is 22.6 Å². The van der Waals surface area contributed by atoms with Crippen molar-refractivity contribution >= 4 is 23.2 Å². The van der Waals surface area contributed by atoms with Crippen molar-refractivity contribution in [2.24, 2.45) is 4.99 Å². The van der Waals surface area contributed by atoms with E-state index in [1.165, 1.54) is 5.56 Å². The summed E-state index contributed by atoms with van der Waals surface area (Å²) in [6.45, 7) is 12.3. The first-order valence-electron chi connectivity index (χ1n) is 10.3. The third-order valence-corrected chi connectivity index (χ3v) is 4.88. The van der Waals surface area contributed by atoms with Gasteiger partial charge in [0.1, 0.15) is 5.52 Å². The lowest BCUT2D eigenvalue weighted by atomic mass is 9.97. The van der Waals surface area contributed by atoms with Gasteiger partial charge in [-0.3, -0.25) is 4.79 Å². The predicted octanol–water partition coefficient (Wildman–Crippen LogP) is 6.02. The summed E-state index contributed by atoms with van der Waals surface area (Å²) in [5.74, 6) is 0.753. The second kappa shape index (κ2) is 11.1. The van der Waals surface area contributed by atoms with Gasteiger partial charge in [0.05, 0.1) is 5.56 Å². The number of carbonyl (C=O) groups is 1. The standard InChI is InChI=1S/C23H27N3O2.C2H4/c1-5-16(13-14-24-4)25-22(27)19-11-8-12-20-21(19)26-23(28-20)18-10-7-6-9-17(18)15(2)3;1-2/h6-12,14-16H,5,13H2,1-4H3,(H,25,27);1-2H2. The molecule has 1 heterocycles. The summed E-state index contributed by atoms with van der Waals surface area (Å²) in [5, 5.41) is 3.08. The largest absolute Gasteiger partial charge is 0.436 e. The number of benzene rings is 2. The predicted molar refractivity (Wildman–Crippen MR) is 125 cm³/mol. The minimum atomic E-state index is -0.140. The van der Waals surface area contributed by atoms with Crippen LogP contribution in [0.1, 0.15) is 55.5 Å². The van der Waals surface area contributed by atoms with Crippen LogP contribution in [0.2, 0.25) is 0 Å². The molecule has 158 valence electrons. The Balaban J connectivity index is 0.00000155. The zero-order valence-electron chi connectivity index (χ0n) is 18.3. The van der Waals surface area contributed by atoms with E-state index in [4.69, 9.17) is 4.42 Å². The third-order valence-electron chi connectivity index (χ3n) is 4.88. The number of aliphatic imine (C=N–C) groups is 1. The average Bonchev–Trinajstić information content (AvgIpc) is 3.22. The number of oxazole rings is 1. The maximum Gasteiger partial charge on any atom is 0.253 e. The summed E-state index contributed by atoms with van der Waals surface area (Å²) < 4.78 is 6.02. The summed E-state index contributed by atoms with van der Waals surface area (Å²) in [6.07, 6.45) is 3.37. The highest BCUT2D eigenvalue weighted by molar-refractivity contribution is 6.05. The molecule has 0 aliphatic carbocycles. The van der Waals surface area contributed by atoms with E-state index in [0.29, 0.717) is 34.9 Å². The molecule has 0 fully saturated rings. The molecule has 0 aliphatic heterocycles. The summed E-state index contributed by atoms with van der Waals surface area (Å²) in [6, 6.07) is 13.6. The molecule has 0 saturated heterocycles. The zero-order valence-corrected chi connectivity index (χ0v) is 18.3. The van der Waals surface area contributed by atoms with Crippen molar-refractivity contribution in [2.75, 3.05) is 7.05 Å². The van der Waals surface area contributed by atoms with Crippen molar-refractivity contribution in [3.8, 4) is 11.5 Å². The van der Waals surface area contributed by atoms with Crippen molar-refractivity contribution in [3.05, 3.63) is 66.7 Å². The molecule has 3 aromatic rings. The van der Waals surface area contributed by atoms with Crippen LogP contribution in [0.4, 0.5) is 0 Å². The molecule has 1 unspecified atom stereocenters. The summed E-state index contributed by atoms with van der Waals surface area (Å²) in [7, 11) is 1.74. The lowest BCUT2D eigenvalue weighted by molar-refractivity contribution is 0.0939. The van der Waals surface area contributed by atoms with Crippen molar-refractivity contribution in [1.82, 2.24) is 10.3 Å². The maximum absolute atomic E-state index is 12.9. The molecule has 0 aliphatic rings. The molecule has 1 aromatic heterocycles. The van der Waals surface area contributed by atoms with Gasteiger partial charge in [-0.25, -0.2) is 4.98 Å². The van der Waals surface area contributed by atoms with Gasteiger partial charge in [0.2, 0.25) is 5.89 Å². The summed E-state index contributed by atoms with van der Waals surface area (Å²) >= 11 is 0. The van der Waals surface area contributed by atoms with Gasteiger partial charge in [-0.05, 0) is 36.1 Å². The number of hydrogen-bond acceptors (Lipinski definition) is 4. The molecular formula is C25H31N3O2. The number of nitrogens with zero attached hydrogens (tertiary/aromatic N) is 2. The number of carbonyl (C=O) groups excluding carboxylic acids is 1. The van der Waals surface area contributed by atoms with Gasteiger partial charge in [-0.2, -0.15) is 0 Å². The number of rotatable bonds is 7. The Hall–Kier alpha value is -3.21. The highest BCUT2D eigenvalue weighted by Gasteiger charge is 2.19. The lowest BCUT2D eigenvalue weighted by Gasteiger charge is -2.14. The Morgan fingerprint density at radius 3 is 2.60 bits per heavy atom. The van der Waals surface area contributed by atoms with Crippen molar-refractivity contribution in [3.63, 3.8) is 0 Å². The van der Waals surface area contributed by atoms with Gasteiger partial charge >= 0.3 is 0 Å². The second-order valence-corrected chi connectivity index (χ2v) is 7.17. The molecular weight excluding hydrogens is 374 g/mol. The van der Waals surface area contributed by atoms with E-state index in [9.17, 15) is 4.79 Å². The van der Waals surface area contributed by atoms with E-state index in [1.807, 2.05) is 43.5 Å². The quantitative estimate of drug-likeness (QED) is 0.386. The lowest BCUT2D eigenvalue weighted by Crippen LogP contribution is -2.34. The smallest absolute Gasteiger partial charge is 0.253 e. The number of hydrogen-bond donors (Lipinski definition) is 1. The van der Waals surface area contributed by atoms with Crippen LogP contribution in [0, 0.1) is 0 Å². The minimum Gasteiger partial charge on any atom is -0.436 e. The van der Waals surface area contributed by atoms with Gasteiger partial charge in [0, 0.05) is 31.3 Å². The van der Waals surface area contributed by atoms with Gasteiger partial charge < -0.3 is 14.7 Å². The Kier molecular flexibility index (Phi) is 8.54. The molecule has 0 spiro atoms. The molecule has 3 rings (SSSR count). The van der Waals surface area contributed by atoms with Gasteiger partial charge in [-0.15, -0.1) is 13.2 Å². The van der Waals surface area contributed by atoms with Crippen LogP contribution in [0.3, 0.4) is 0 Å². The van der Waals surface area contributed by atoms with E-state index < -0.39 is 0 Å². The van der Waals surface area contributed by atoms with E-state index in [0.717, 1.165) is 12.0 Å². The first-order valence-corrected chi connectivity index (χ1v) is 10.3. The van der Waals surface area contributed by atoms with Gasteiger partial charge in [-0.1, -0.05) is 45.0 Å². The van der Waals surface area contributed by atoms with E-state index >= 15 is 0 Å². The van der Waals surface area contributed by atoms with Crippen molar-refractivity contribution in [1.29, 1.82) is 0 Å². The zero-order chi connectivity index (χ0) is 22.1. The second-order valence-electron chi connectivity index (χ2n) is 7.17. The van der Waals surface area contributed by atoms with Gasteiger partial charge in [0.25, 0.3) is 5.91 Å². The average molecular weight is 406 g/mol. The maximum atomic E-state index is 12.9. The normalized spacial score (nSPS) is 12.0. The molecule has 30 heavy (non-hydrogen) atoms. The fourth-order valence-electron chi connectivity index (χ4n) is 3.27. The molecule has 0 saturated carbocycles. The SMILES string of the molecule is C=C.CCC(CC=NC)NC(=O)c1cccc2oc(-c3ccccc3C(C)C)nc12. The fraction of sp³-hybridized carbons (Fsp3) is 0.320.